The summed E-state index contributed by atoms with van der Waals surface area (Å²) in [6, 6.07) is 22.1. The summed E-state index contributed by atoms with van der Waals surface area (Å²) in [6.07, 6.45) is 1.93. The smallest absolute Gasteiger partial charge is 0.169 e. The van der Waals surface area contributed by atoms with E-state index in [2.05, 4.69) is 17.7 Å². The lowest BCUT2D eigenvalue weighted by Gasteiger charge is -2.01. The molecule has 0 aliphatic heterocycles. The van der Waals surface area contributed by atoms with Crippen LogP contribution in [0.2, 0.25) is 0 Å². The highest BCUT2D eigenvalue weighted by molar-refractivity contribution is 7.80. The van der Waals surface area contributed by atoms with Gasteiger partial charge in [0.05, 0.1) is 10.6 Å². The van der Waals surface area contributed by atoms with Gasteiger partial charge in [0.25, 0.3) is 0 Å². The Morgan fingerprint density at radius 1 is 0.773 bits per heavy atom. The average Bonchev–Trinajstić information content (AvgIpc) is 2.93. The van der Waals surface area contributed by atoms with Crippen LogP contribution in [0.4, 0.5) is 0 Å². The van der Waals surface area contributed by atoms with Crippen molar-refractivity contribution in [3.05, 3.63) is 72.9 Å². The second-order valence-corrected chi connectivity index (χ2v) is 5.46. The van der Waals surface area contributed by atoms with Gasteiger partial charge in [-0.15, -0.1) is 12.6 Å². The summed E-state index contributed by atoms with van der Waals surface area (Å²) in [6.45, 7) is 0. The number of fused-ring (bicyclic) bond motifs is 1. The Morgan fingerprint density at radius 2 is 1.41 bits per heavy atom. The van der Waals surface area contributed by atoms with Gasteiger partial charge in [0.1, 0.15) is 5.69 Å². The number of hydrogen-bond acceptors (Lipinski definition) is 3. The van der Waals surface area contributed by atoms with Crippen molar-refractivity contribution in [2.24, 2.45) is 0 Å². The molecule has 0 aliphatic rings. The molecule has 0 saturated heterocycles. The van der Waals surface area contributed by atoms with Gasteiger partial charge in [-0.3, -0.25) is 0 Å². The van der Waals surface area contributed by atoms with E-state index in [1.807, 2.05) is 72.9 Å². The molecule has 0 radical (unpaired) electrons. The van der Waals surface area contributed by atoms with Crippen LogP contribution in [0.25, 0.3) is 28.2 Å². The van der Waals surface area contributed by atoms with Crippen LogP contribution in [0, 0.1) is 0 Å². The van der Waals surface area contributed by atoms with Crippen molar-refractivity contribution in [1.29, 1.82) is 0 Å². The van der Waals surface area contributed by atoms with Crippen LogP contribution in [0.3, 0.4) is 0 Å². The predicted molar refractivity (Wildman–Crippen MR) is 91.1 cm³/mol. The van der Waals surface area contributed by atoms with Crippen LogP contribution >= 0.6 is 12.6 Å². The van der Waals surface area contributed by atoms with Gasteiger partial charge in [-0.1, -0.05) is 60.7 Å². The van der Waals surface area contributed by atoms with Gasteiger partial charge in [-0.05, 0) is 6.07 Å². The lowest BCUT2D eigenvalue weighted by atomic mass is 10.1. The van der Waals surface area contributed by atoms with E-state index in [4.69, 9.17) is 4.98 Å². The lowest BCUT2D eigenvalue weighted by Crippen LogP contribution is -1.91. The zero-order chi connectivity index (χ0) is 14.9. The quantitative estimate of drug-likeness (QED) is 0.558. The van der Waals surface area contributed by atoms with Crippen LogP contribution < -0.4 is 0 Å². The number of benzene rings is 2. The zero-order valence-corrected chi connectivity index (χ0v) is 12.6. The third-order valence-corrected chi connectivity index (χ3v) is 3.99. The molecule has 0 bridgehead atoms. The van der Waals surface area contributed by atoms with Crippen molar-refractivity contribution in [1.82, 2.24) is 14.6 Å². The van der Waals surface area contributed by atoms with Crippen LogP contribution in [0.15, 0.2) is 77.8 Å². The first-order valence-corrected chi connectivity index (χ1v) is 7.47. The summed E-state index contributed by atoms with van der Waals surface area (Å²) in [7, 11) is 0. The average molecular weight is 303 g/mol. The molecule has 2 aromatic heterocycles. The molecule has 4 rings (SSSR count). The molecule has 2 heterocycles. The molecule has 4 heteroatoms. The minimum absolute atomic E-state index is 0.767. The van der Waals surface area contributed by atoms with E-state index in [1.54, 1.807) is 4.52 Å². The van der Waals surface area contributed by atoms with Crippen molar-refractivity contribution in [3.63, 3.8) is 0 Å². The maximum Gasteiger partial charge on any atom is 0.169 e. The van der Waals surface area contributed by atoms with E-state index in [0.29, 0.717) is 0 Å². The van der Waals surface area contributed by atoms with Gasteiger partial charge < -0.3 is 0 Å². The summed E-state index contributed by atoms with van der Waals surface area (Å²) in [4.78, 5) is 5.51. The molecule has 3 nitrogen and oxygen atoms in total. The summed E-state index contributed by atoms with van der Waals surface area (Å²) in [5.74, 6) is 0. The zero-order valence-electron chi connectivity index (χ0n) is 11.7. The van der Waals surface area contributed by atoms with E-state index < -0.39 is 0 Å². The Labute approximate surface area is 133 Å². The Hall–Kier alpha value is -2.59. The standard InChI is InChI=1S/C18H13N3S/c22-17-16(14-9-5-2-6-10-14)20-21-12-11-15(19-18(17)21)13-7-3-1-4-8-13/h1-12,22H. The number of hydrogen-bond donors (Lipinski definition) is 1. The first kappa shape index (κ1) is 13.1. The molecule has 0 atom stereocenters. The molecule has 2 aromatic carbocycles. The number of aromatic nitrogens is 3. The van der Waals surface area contributed by atoms with Gasteiger partial charge in [0.15, 0.2) is 5.65 Å². The topological polar surface area (TPSA) is 30.2 Å². The highest BCUT2D eigenvalue weighted by atomic mass is 32.1. The molecule has 0 unspecified atom stereocenters. The van der Waals surface area contributed by atoms with Gasteiger partial charge in [0.2, 0.25) is 0 Å². The molecule has 0 N–H and O–H groups in total. The van der Waals surface area contributed by atoms with Crippen molar-refractivity contribution in [2.45, 2.75) is 4.90 Å². The van der Waals surface area contributed by atoms with Crippen molar-refractivity contribution >= 4 is 18.3 Å². The fourth-order valence-electron chi connectivity index (χ4n) is 2.48. The van der Waals surface area contributed by atoms with Crippen LogP contribution in [-0.2, 0) is 0 Å². The van der Waals surface area contributed by atoms with Gasteiger partial charge in [0, 0.05) is 17.3 Å². The third-order valence-electron chi connectivity index (χ3n) is 3.58. The molecule has 106 valence electrons. The minimum atomic E-state index is 0.767. The summed E-state index contributed by atoms with van der Waals surface area (Å²) in [5.41, 5.74) is 4.66. The van der Waals surface area contributed by atoms with Crippen LogP contribution in [0.1, 0.15) is 0 Å². The number of rotatable bonds is 2. The maximum atomic E-state index is 4.72. The van der Waals surface area contributed by atoms with E-state index in [0.717, 1.165) is 33.1 Å². The molecule has 0 aliphatic carbocycles. The summed E-state index contributed by atoms with van der Waals surface area (Å²) >= 11 is 4.64. The van der Waals surface area contributed by atoms with Crippen LogP contribution in [0.5, 0.6) is 0 Å². The van der Waals surface area contributed by atoms with E-state index in [1.165, 1.54) is 0 Å². The normalized spacial score (nSPS) is 11.0. The molecule has 0 fully saturated rings. The first-order chi connectivity index (χ1) is 10.8. The number of thiol groups is 1. The van der Waals surface area contributed by atoms with Crippen molar-refractivity contribution < 1.29 is 0 Å². The molecule has 22 heavy (non-hydrogen) atoms. The summed E-state index contributed by atoms with van der Waals surface area (Å²) < 4.78 is 1.77. The van der Waals surface area contributed by atoms with E-state index >= 15 is 0 Å². The van der Waals surface area contributed by atoms with E-state index in [9.17, 15) is 0 Å². The second kappa shape index (κ2) is 5.31. The molecule has 0 saturated carbocycles. The van der Waals surface area contributed by atoms with Crippen LogP contribution in [-0.4, -0.2) is 14.6 Å². The first-order valence-electron chi connectivity index (χ1n) is 7.02. The molecular weight excluding hydrogens is 290 g/mol. The van der Waals surface area contributed by atoms with Gasteiger partial charge in [-0.2, -0.15) is 5.10 Å². The fraction of sp³-hybridized carbons (Fsp3) is 0. The van der Waals surface area contributed by atoms with Gasteiger partial charge in [-0.25, -0.2) is 9.50 Å². The van der Waals surface area contributed by atoms with E-state index in [-0.39, 0.29) is 0 Å². The lowest BCUT2D eigenvalue weighted by molar-refractivity contribution is 0.944. The van der Waals surface area contributed by atoms with Gasteiger partial charge >= 0.3 is 0 Å². The fourth-order valence-corrected chi connectivity index (χ4v) is 2.80. The Bertz CT molecular complexity index is 931. The summed E-state index contributed by atoms with van der Waals surface area (Å²) in [5, 5.41) is 4.60. The largest absolute Gasteiger partial charge is 0.227 e. The number of nitrogens with zero attached hydrogens (tertiary/aromatic N) is 3. The SMILES string of the molecule is Sc1c(-c2ccccc2)nn2ccc(-c3ccccc3)nc12. The maximum absolute atomic E-state index is 4.72. The molecular formula is C18H13N3S. The highest BCUT2D eigenvalue weighted by Gasteiger charge is 2.13. The Balaban J connectivity index is 1.89. The molecule has 0 amide bonds. The Morgan fingerprint density at radius 3 is 2.09 bits per heavy atom. The third kappa shape index (κ3) is 2.18. The second-order valence-electron chi connectivity index (χ2n) is 5.01. The van der Waals surface area contributed by atoms with Crippen molar-refractivity contribution in [3.8, 4) is 22.5 Å². The predicted octanol–water partition coefficient (Wildman–Crippen LogP) is 4.35. The minimum Gasteiger partial charge on any atom is -0.227 e. The van der Waals surface area contributed by atoms with Crippen molar-refractivity contribution in [2.75, 3.05) is 0 Å². The molecule has 0 spiro atoms. The highest BCUT2D eigenvalue weighted by Crippen LogP contribution is 2.29. The monoisotopic (exact) mass is 303 g/mol. The Kier molecular flexibility index (Phi) is 3.16. The molecule has 4 aromatic rings.